The molecule has 0 fully saturated rings. The molecule has 3 aromatic rings. The van der Waals surface area contributed by atoms with E-state index in [0.717, 1.165) is 5.39 Å². The molecule has 0 aliphatic rings. The van der Waals surface area contributed by atoms with E-state index in [-0.39, 0.29) is 17.3 Å². The van der Waals surface area contributed by atoms with Crippen LogP contribution in [-0.2, 0) is 7.05 Å². The Balaban J connectivity index is 1.68. The van der Waals surface area contributed by atoms with Crippen LogP contribution in [0.5, 0.6) is 5.75 Å². The first-order valence-corrected chi connectivity index (χ1v) is 7.87. The second-order valence-electron chi connectivity index (χ2n) is 4.80. The minimum atomic E-state index is -2.89. The van der Waals surface area contributed by atoms with E-state index in [1.165, 1.54) is 42.4 Å². The molecule has 0 unspecified atom stereocenters. The first-order chi connectivity index (χ1) is 11.5. The summed E-state index contributed by atoms with van der Waals surface area (Å²) in [6.07, 6.45) is 3.08. The van der Waals surface area contributed by atoms with E-state index >= 15 is 0 Å². The van der Waals surface area contributed by atoms with Gasteiger partial charge in [0, 0.05) is 12.6 Å². The van der Waals surface area contributed by atoms with Gasteiger partial charge in [0.25, 0.3) is 0 Å². The molecule has 0 saturated heterocycles. The zero-order valence-electron chi connectivity index (χ0n) is 12.5. The number of nitrogens with zero attached hydrogens (tertiary/aromatic N) is 4. The van der Waals surface area contributed by atoms with Crippen LogP contribution in [0.1, 0.15) is 10.4 Å². The van der Waals surface area contributed by atoms with Gasteiger partial charge in [-0.3, -0.25) is 9.48 Å². The number of hydrogen-bond acceptors (Lipinski definition) is 6. The maximum atomic E-state index is 12.2. The van der Waals surface area contributed by atoms with Crippen molar-refractivity contribution in [1.29, 1.82) is 0 Å². The molecule has 9 heteroatoms. The Labute approximate surface area is 139 Å². The summed E-state index contributed by atoms with van der Waals surface area (Å²) in [5.41, 5.74) is 1.11. The Morgan fingerprint density at radius 3 is 2.75 bits per heavy atom. The smallest absolute Gasteiger partial charge is 0.387 e. The molecule has 2 heterocycles. The summed E-state index contributed by atoms with van der Waals surface area (Å²) in [6, 6.07) is 5.60. The van der Waals surface area contributed by atoms with E-state index in [1.54, 1.807) is 17.9 Å². The zero-order chi connectivity index (χ0) is 17.1. The van der Waals surface area contributed by atoms with Gasteiger partial charge in [-0.15, -0.1) is 0 Å². The number of rotatable bonds is 6. The van der Waals surface area contributed by atoms with E-state index in [2.05, 4.69) is 19.8 Å². The number of alkyl halides is 2. The topological polar surface area (TPSA) is 69.9 Å². The summed E-state index contributed by atoms with van der Waals surface area (Å²) in [4.78, 5) is 20.5. The van der Waals surface area contributed by atoms with Gasteiger partial charge in [-0.05, 0) is 24.3 Å². The maximum absolute atomic E-state index is 12.2. The van der Waals surface area contributed by atoms with E-state index in [4.69, 9.17) is 0 Å². The van der Waals surface area contributed by atoms with Gasteiger partial charge in [0.05, 0.1) is 17.3 Å². The highest BCUT2D eigenvalue weighted by atomic mass is 32.2. The molecule has 124 valence electrons. The Hall–Kier alpha value is -2.55. The molecule has 0 saturated carbocycles. The van der Waals surface area contributed by atoms with Crippen molar-refractivity contribution in [3.63, 3.8) is 0 Å². The first kappa shape index (κ1) is 16.3. The van der Waals surface area contributed by atoms with E-state index in [0.29, 0.717) is 16.2 Å². The van der Waals surface area contributed by atoms with Crippen LogP contribution < -0.4 is 4.74 Å². The van der Waals surface area contributed by atoms with Gasteiger partial charge in [-0.1, -0.05) is 11.8 Å². The van der Waals surface area contributed by atoms with Crippen LogP contribution in [0.2, 0.25) is 0 Å². The van der Waals surface area contributed by atoms with Crippen molar-refractivity contribution in [3.05, 3.63) is 42.4 Å². The number of halogens is 2. The third-order valence-corrected chi connectivity index (χ3v) is 4.24. The Bertz CT molecular complexity index is 868. The molecule has 0 amide bonds. The van der Waals surface area contributed by atoms with E-state index in [9.17, 15) is 13.6 Å². The summed E-state index contributed by atoms with van der Waals surface area (Å²) < 4.78 is 30.1. The van der Waals surface area contributed by atoms with Crippen molar-refractivity contribution in [2.45, 2.75) is 11.6 Å². The van der Waals surface area contributed by atoms with Crippen molar-refractivity contribution < 1.29 is 18.3 Å². The van der Waals surface area contributed by atoms with Crippen LogP contribution >= 0.6 is 11.8 Å². The summed E-state index contributed by atoms with van der Waals surface area (Å²) in [7, 11) is 1.78. The molecule has 0 aliphatic heterocycles. The van der Waals surface area contributed by atoms with Crippen molar-refractivity contribution in [2.24, 2.45) is 7.05 Å². The lowest BCUT2D eigenvalue weighted by molar-refractivity contribution is -0.0498. The lowest BCUT2D eigenvalue weighted by Crippen LogP contribution is -2.04. The first-order valence-electron chi connectivity index (χ1n) is 6.88. The zero-order valence-corrected chi connectivity index (χ0v) is 13.3. The Morgan fingerprint density at radius 2 is 2.04 bits per heavy atom. The number of ketones is 1. The molecule has 0 N–H and O–H groups in total. The minimum Gasteiger partial charge on any atom is -0.435 e. The molecule has 0 bridgehead atoms. The average molecular weight is 350 g/mol. The Morgan fingerprint density at radius 1 is 1.29 bits per heavy atom. The van der Waals surface area contributed by atoms with Gasteiger partial charge in [-0.2, -0.15) is 13.9 Å². The number of aromatic nitrogens is 4. The fourth-order valence-corrected chi connectivity index (χ4v) is 2.95. The summed E-state index contributed by atoms with van der Waals surface area (Å²) >= 11 is 1.28. The van der Waals surface area contributed by atoms with Gasteiger partial charge in [0.1, 0.15) is 17.1 Å². The second-order valence-corrected chi connectivity index (χ2v) is 5.76. The van der Waals surface area contributed by atoms with E-state index in [1.807, 2.05) is 0 Å². The van der Waals surface area contributed by atoms with Crippen LogP contribution in [0.15, 0.2) is 41.8 Å². The molecule has 3 rings (SSSR count). The third kappa shape index (κ3) is 3.51. The van der Waals surface area contributed by atoms with Crippen LogP contribution in [-0.4, -0.2) is 37.9 Å². The molecule has 0 radical (unpaired) electrons. The highest BCUT2D eigenvalue weighted by Gasteiger charge is 2.12. The van der Waals surface area contributed by atoms with Crippen molar-refractivity contribution in [2.75, 3.05) is 5.75 Å². The number of benzene rings is 1. The normalized spacial score (nSPS) is 11.2. The fraction of sp³-hybridized carbons (Fsp3) is 0.200. The average Bonchev–Trinajstić information content (AvgIpc) is 2.95. The lowest BCUT2D eigenvalue weighted by atomic mass is 10.1. The number of Topliss-reactive ketones (excluding diaryl/α,β-unsaturated/α-hetero) is 1. The van der Waals surface area contributed by atoms with Crippen LogP contribution in [0.3, 0.4) is 0 Å². The molecule has 0 spiro atoms. The van der Waals surface area contributed by atoms with Crippen LogP contribution in [0, 0.1) is 0 Å². The van der Waals surface area contributed by atoms with Gasteiger partial charge in [0.15, 0.2) is 11.4 Å². The number of thioether (sulfide) groups is 1. The number of hydrogen-bond donors (Lipinski definition) is 0. The third-order valence-electron chi connectivity index (χ3n) is 3.23. The molecule has 0 aliphatic carbocycles. The monoisotopic (exact) mass is 350 g/mol. The molecule has 24 heavy (non-hydrogen) atoms. The Kier molecular flexibility index (Phi) is 4.70. The standard InChI is InChI=1S/C15H12F2N4O2S/c1-21-13-11(6-20-21)14(19-8-18-13)24-7-12(22)9-2-4-10(5-3-9)23-15(16)17/h2-6,8,15H,7H2,1H3. The number of carbonyl (C=O) groups is 1. The molecule has 0 atom stereocenters. The van der Waals surface area contributed by atoms with Crippen molar-refractivity contribution in [1.82, 2.24) is 19.7 Å². The molecule has 2 aromatic heterocycles. The molecule has 6 nitrogen and oxygen atoms in total. The number of aryl methyl sites for hydroxylation is 1. The molecular formula is C15H12F2N4O2S. The SMILES string of the molecule is Cn1ncc2c(SCC(=O)c3ccc(OC(F)F)cc3)ncnc21. The fourth-order valence-electron chi connectivity index (χ4n) is 2.10. The maximum Gasteiger partial charge on any atom is 0.387 e. The summed E-state index contributed by atoms with van der Waals surface area (Å²) in [5.74, 6) is 0.0390. The number of fused-ring (bicyclic) bond motifs is 1. The quantitative estimate of drug-likeness (QED) is 0.387. The summed E-state index contributed by atoms with van der Waals surface area (Å²) in [5, 5.41) is 5.56. The molecular weight excluding hydrogens is 338 g/mol. The van der Waals surface area contributed by atoms with Crippen LogP contribution in [0.4, 0.5) is 8.78 Å². The number of carbonyl (C=O) groups excluding carboxylic acids is 1. The van der Waals surface area contributed by atoms with Gasteiger partial charge >= 0.3 is 6.61 Å². The van der Waals surface area contributed by atoms with Crippen molar-refractivity contribution in [3.8, 4) is 5.75 Å². The highest BCUT2D eigenvalue weighted by Crippen LogP contribution is 2.25. The van der Waals surface area contributed by atoms with Crippen LogP contribution in [0.25, 0.3) is 11.0 Å². The number of ether oxygens (including phenoxy) is 1. The van der Waals surface area contributed by atoms with Crippen molar-refractivity contribution >= 4 is 28.6 Å². The predicted molar refractivity (Wildman–Crippen MR) is 84.4 cm³/mol. The minimum absolute atomic E-state index is 0.0158. The van der Waals surface area contributed by atoms with Gasteiger partial charge in [-0.25, -0.2) is 9.97 Å². The largest absolute Gasteiger partial charge is 0.435 e. The molecule has 1 aromatic carbocycles. The lowest BCUT2D eigenvalue weighted by Gasteiger charge is -2.05. The van der Waals surface area contributed by atoms with Gasteiger partial charge < -0.3 is 4.74 Å². The second kappa shape index (κ2) is 6.91. The van der Waals surface area contributed by atoms with E-state index < -0.39 is 6.61 Å². The van der Waals surface area contributed by atoms with Gasteiger partial charge in [0.2, 0.25) is 0 Å². The highest BCUT2D eigenvalue weighted by molar-refractivity contribution is 8.00. The predicted octanol–water partition coefficient (Wildman–Crippen LogP) is 2.94. The summed E-state index contributed by atoms with van der Waals surface area (Å²) in [6.45, 7) is -2.89.